The molecule has 5 nitrogen and oxygen atoms in total. The largest absolute Gasteiger partial charge is 0.494 e. The molecule has 1 aromatic rings. The van der Waals surface area contributed by atoms with Crippen LogP contribution in [0.3, 0.4) is 0 Å². The lowest BCUT2D eigenvalue weighted by Crippen LogP contribution is -2.46. The number of hydrogen-bond acceptors (Lipinski definition) is 3. The second kappa shape index (κ2) is 7.88. The summed E-state index contributed by atoms with van der Waals surface area (Å²) in [6.45, 7) is 5.14. The molecule has 0 atom stereocenters. The van der Waals surface area contributed by atoms with Crippen LogP contribution >= 0.6 is 0 Å². The Kier molecular flexibility index (Phi) is 5.87. The Labute approximate surface area is 126 Å². The van der Waals surface area contributed by atoms with E-state index in [0.29, 0.717) is 13.2 Å². The number of urea groups is 1. The van der Waals surface area contributed by atoms with E-state index >= 15 is 0 Å². The number of nitrogens with zero attached hydrogens (tertiary/aromatic N) is 1. The number of ether oxygens (including phenoxy) is 1. The third-order valence-corrected chi connectivity index (χ3v) is 3.77. The molecule has 0 radical (unpaired) electrons. The highest BCUT2D eigenvalue weighted by molar-refractivity contribution is 5.74. The zero-order valence-electron chi connectivity index (χ0n) is 12.9. The van der Waals surface area contributed by atoms with Crippen molar-refractivity contribution in [3.63, 3.8) is 0 Å². The highest BCUT2D eigenvalue weighted by atomic mass is 16.5. The Balaban J connectivity index is 1.78. The summed E-state index contributed by atoms with van der Waals surface area (Å²) >= 11 is 0. The molecule has 5 heteroatoms. The van der Waals surface area contributed by atoms with Gasteiger partial charge >= 0.3 is 6.03 Å². The van der Waals surface area contributed by atoms with Crippen LogP contribution in [-0.2, 0) is 6.54 Å². The lowest BCUT2D eigenvalue weighted by Gasteiger charge is -2.29. The molecule has 0 aliphatic carbocycles. The lowest BCUT2D eigenvalue weighted by atomic mass is 10.1. The second-order valence-corrected chi connectivity index (χ2v) is 5.45. The van der Waals surface area contributed by atoms with E-state index in [9.17, 15) is 4.79 Å². The van der Waals surface area contributed by atoms with Gasteiger partial charge in [-0.05, 0) is 46.0 Å². The molecule has 0 spiro atoms. The van der Waals surface area contributed by atoms with Crippen molar-refractivity contribution < 1.29 is 9.53 Å². The lowest BCUT2D eigenvalue weighted by molar-refractivity contribution is 0.213. The average Bonchev–Trinajstić information content (AvgIpc) is 2.49. The van der Waals surface area contributed by atoms with Crippen LogP contribution in [-0.4, -0.2) is 43.7 Å². The Morgan fingerprint density at radius 3 is 2.76 bits per heavy atom. The minimum atomic E-state index is -0.101. The molecule has 2 amide bonds. The van der Waals surface area contributed by atoms with Crippen molar-refractivity contribution in [2.24, 2.45) is 0 Å². The number of carbonyl (C=O) groups is 1. The van der Waals surface area contributed by atoms with Gasteiger partial charge in [0.2, 0.25) is 0 Å². The van der Waals surface area contributed by atoms with Gasteiger partial charge in [-0.25, -0.2) is 4.79 Å². The molecule has 1 heterocycles. The topological polar surface area (TPSA) is 53.6 Å². The minimum Gasteiger partial charge on any atom is -0.494 e. The summed E-state index contributed by atoms with van der Waals surface area (Å²) in [4.78, 5) is 14.2. The van der Waals surface area contributed by atoms with Gasteiger partial charge in [-0.1, -0.05) is 18.2 Å². The van der Waals surface area contributed by atoms with Gasteiger partial charge in [0.1, 0.15) is 5.75 Å². The van der Waals surface area contributed by atoms with Crippen LogP contribution in [0.25, 0.3) is 0 Å². The summed E-state index contributed by atoms with van der Waals surface area (Å²) in [6, 6.07) is 7.97. The smallest absolute Gasteiger partial charge is 0.315 e. The maximum absolute atomic E-state index is 12.0. The third-order valence-electron chi connectivity index (χ3n) is 3.77. The van der Waals surface area contributed by atoms with E-state index < -0.39 is 0 Å². The van der Waals surface area contributed by atoms with Crippen LogP contribution < -0.4 is 15.4 Å². The number of hydrogen-bond donors (Lipinski definition) is 2. The molecule has 0 unspecified atom stereocenters. The van der Waals surface area contributed by atoms with Crippen LogP contribution in [0.5, 0.6) is 5.75 Å². The first-order valence-corrected chi connectivity index (χ1v) is 7.62. The van der Waals surface area contributed by atoms with Gasteiger partial charge in [-0.2, -0.15) is 0 Å². The van der Waals surface area contributed by atoms with Gasteiger partial charge in [0.05, 0.1) is 6.61 Å². The van der Waals surface area contributed by atoms with Crippen LogP contribution in [0.4, 0.5) is 4.79 Å². The van der Waals surface area contributed by atoms with Crippen molar-refractivity contribution in [2.75, 3.05) is 26.7 Å². The first-order chi connectivity index (χ1) is 10.2. The zero-order valence-corrected chi connectivity index (χ0v) is 12.9. The fourth-order valence-corrected chi connectivity index (χ4v) is 2.51. The van der Waals surface area contributed by atoms with Crippen molar-refractivity contribution in [2.45, 2.75) is 32.4 Å². The monoisotopic (exact) mass is 291 g/mol. The fourth-order valence-electron chi connectivity index (χ4n) is 2.51. The number of carbonyl (C=O) groups excluding carboxylic acids is 1. The van der Waals surface area contributed by atoms with E-state index in [1.54, 1.807) is 0 Å². The summed E-state index contributed by atoms with van der Waals surface area (Å²) in [6.07, 6.45) is 2.03. The molecule has 1 aromatic carbocycles. The number of amides is 2. The normalized spacial score (nSPS) is 16.5. The first kappa shape index (κ1) is 15.6. The van der Waals surface area contributed by atoms with Crippen molar-refractivity contribution in [3.05, 3.63) is 29.8 Å². The molecular formula is C16H25N3O2. The maximum Gasteiger partial charge on any atom is 0.315 e. The van der Waals surface area contributed by atoms with Gasteiger partial charge in [0.15, 0.2) is 0 Å². The van der Waals surface area contributed by atoms with E-state index in [-0.39, 0.29) is 12.1 Å². The molecule has 1 aliphatic rings. The van der Waals surface area contributed by atoms with Crippen LogP contribution in [0.1, 0.15) is 25.3 Å². The standard InChI is InChI=1S/C16H25N3O2/c1-3-21-15-7-5-4-6-13(15)12-17-16(20)18-14-8-10-19(2)11-9-14/h4-7,14H,3,8-12H2,1-2H3,(H2,17,18,20). The van der Waals surface area contributed by atoms with Crippen LogP contribution in [0.2, 0.25) is 0 Å². The SMILES string of the molecule is CCOc1ccccc1CNC(=O)NC1CCN(C)CC1. The van der Waals surface area contributed by atoms with E-state index in [0.717, 1.165) is 37.2 Å². The maximum atomic E-state index is 12.0. The Hall–Kier alpha value is -1.75. The zero-order chi connectivity index (χ0) is 15.1. The van der Waals surface area contributed by atoms with Gasteiger partial charge < -0.3 is 20.3 Å². The predicted molar refractivity (Wildman–Crippen MR) is 83.5 cm³/mol. The summed E-state index contributed by atoms with van der Waals surface area (Å²) in [5.74, 6) is 0.833. The molecule has 1 saturated heterocycles. The number of benzene rings is 1. The molecule has 21 heavy (non-hydrogen) atoms. The molecule has 0 bridgehead atoms. The van der Waals surface area contributed by atoms with Crippen molar-refractivity contribution >= 4 is 6.03 Å². The summed E-state index contributed by atoms with van der Waals surface area (Å²) in [7, 11) is 2.11. The molecule has 2 rings (SSSR count). The minimum absolute atomic E-state index is 0.101. The molecule has 116 valence electrons. The third kappa shape index (κ3) is 4.93. The van der Waals surface area contributed by atoms with Crippen molar-refractivity contribution in [3.8, 4) is 5.75 Å². The number of rotatable bonds is 5. The highest BCUT2D eigenvalue weighted by Gasteiger charge is 2.18. The van der Waals surface area contributed by atoms with Gasteiger partial charge in [0.25, 0.3) is 0 Å². The highest BCUT2D eigenvalue weighted by Crippen LogP contribution is 2.17. The molecule has 2 N–H and O–H groups in total. The van der Waals surface area contributed by atoms with Gasteiger partial charge in [-0.15, -0.1) is 0 Å². The molecular weight excluding hydrogens is 266 g/mol. The van der Waals surface area contributed by atoms with Gasteiger partial charge in [0, 0.05) is 18.2 Å². The van der Waals surface area contributed by atoms with E-state index in [1.165, 1.54) is 0 Å². The Morgan fingerprint density at radius 1 is 1.33 bits per heavy atom. The predicted octanol–water partition coefficient (Wildman–Crippen LogP) is 1.98. The summed E-state index contributed by atoms with van der Waals surface area (Å²) in [5, 5.41) is 5.96. The number of piperidine rings is 1. The summed E-state index contributed by atoms with van der Waals surface area (Å²) < 4.78 is 5.55. The summed E-state index contributed by atoms with van der Waals surface area (Å²) in [5.41, 5.74) is 0.998. The van der Waals surface area contributed by atoms with E-state index in [4.69, 9.17) is 4.74 Å². The molecule has 0 aromatic heterocycles. The van der Waals surface area contributed by atoms with Crippen molar-refractivity contribution in [1.29, 1.82) is 0 Å². The van der Waals surface area contributed by atoms with Crippen LogP contribution in [0.15, 0.2) is 24.3 Å². The Morgan fingerprint density at radius 2 is 2.05 bits per heavy atom. The van der Waals surface area contributed by atoms with Crippen molar-refractivity contribution in [1.82, 2.24) is 15.5 Å². The quantitative estimate of drug-likeness (QED) is 0.872. The van der Waals surface area contributed by atoms with Crippen LogP contribution in [0, 0.1) is 0 Å². The molecule has 1 aliphatic heterocycles. The number of likely N-dealkylation sites (tertiary alicyclic amines) is 1. The Bertz CT molecular complexity index is 457. The van der Waals surface area contributed by atoms with E-state index in [1.807, 2.05) is 31.2 Å². The number of para-hydroxylation sites is 1. The fraction of sp³-hybridized carbons (Fsp3) is 0.562. The van der Waals surface area contributed by atoms with Gasteiger partial charge in [-0.3, -0.25) is 0 Å². The number of nitrogens with one attached hydrogen (secondary N) is 2. The first-order valence-electron chi connectivity index (χ1n) is 7.62. The molecule has 0 saturated carbocycles. The molecule has 1 fully saturated rings. The second-order valence-electron chi connectivity index (χ2n) is 5.45. The average molecular weight is 291 g/mol. The van der Waals surface area contributed by atoms with E-state index in [2.05, 4.69) is 22.6 Å².